The van der Waals surface area contributed by atoms with Gasteiger partial charge in [-0.2, -0.15) is 13.2 Å². The molecule has 0 spiro atoms. The van der Waals surface area contributed by atoms with Crippen molar-refractivity contribution < 1.29 is 32.6 Å². The van der Waals surface area contributed by atoms with Crippen LogP contribution in [0.4, 0.5) is 13.2 Å². The smallest absolute Gasteiger partial charge is 0.435 e. The van der Waals surface area contributed by atoms with Gasteiger partial charge >= 0.3 is 12.1 Å². The molecule has 1 atom stereocenters. The Bertz CT molecular complexity index is 1060. The van der Waals surface area contributed by atoms with Gasteiger partial charge in [0.1, 0.15) is 5.69 Å². The summed E-state index contributed by atoms with van der Waals surface area (Å²) >= 11 is 0. The lowest BCUT2D eigenvalue weighted by Gasteiger charge is -2.15. The second kappa shape index (κ2) is 8.56. The van der Waals surface area contributed by atoms with Crippen molar-refractivity contribution in [3.8, 4) is 5.75 Å². The predicted molar refractivity (Wildman–Crippen MR) is 102 cm³/mol. The van der Waals surface area contributed by atoms with Crippen molar-refractivity contribution in [1.29, 1.82) is 0 Å². The predicted octanol–water partition coefficient (Wildman–Crippen LogP) is 4.58. The summed E-state index contributed by atoms with van der Waals surface area (Å²) in [6.45, 7) is 1.89. The van der Waals surface area contributed by atoms with Crippen molar-refractivity contribution in [2.24, 2.45) is 0 Å². The molecule has 0 saturated heterocycles. The number of nitrogens with zero attached hydrogens (tertiary/aromatic N) is 2. The Morgan fingerprint density at radius 3 is 2.43 bits per heavy atom. The maximum absolute atomic E-state index is 13.7. The van der Waals surface area contributed by atoms with Crippen LogP contribution in [0.15, 0.2) is 48.7 Å². The number of hydrogen-bond acceptors (Lipinski definition) is 4. The van der Waals surface area contributed by atoms with Gasteiger partial charge < -0.3 is 9.84 Å². The number of aromatic nitrogens is 2. The fraction of sp³-hybridized carbons (Fsp3) is 0.286. The molecular formula is C21H19F3N2O4. The monoisotopic (exact) mass is 420 g/mol. The third-order valence-corrected chi connectivity index (χ3v) is 4.57. The number of hydrogen-bond donors (Lipinski definition) is 1. The first-order chi connectivity index (χ1) is 14.2. The Kier molecular flexibility index (Phi) is 6.09. The number of carbonyl (C=O) groups is 2. The zero-order chi connectivity index (χ0) is 21.9. The number of pyridine rings is 1. The third kappa shape index (κ3) is 4.45. The summed E-state index contributed by atoms with van der Waals surface area (Å²) in [5.41, 5.74) is -1.51. The van der Waals surface area contributed by atoms with E-state index in [0.717, 1.165) is 4.40 Å². The number of carboxylic acid groups (broad SMARTS) is 1. The van der Waals surface area contributed by atoms with Crippen molar-refractivity contribution in [3.05, 3.63) is 65.6 Å². The fourth-order valence-electron chi connectivity index (χ4n) is 3.34. The van der Waals surface area contributed by atoms with Crippen molar-refractivity contribution >= 4 is 17.4 Å². The first-order valence-electron chi connectivity index (χ1n) is 9.23. The van der Waals surface area contributed by atoms with E-state index < -0.39 is 48.1 Å². The Hall–Kier alpha value is -3.36. The van der Waals surface area contributed by atoms with E-state index in [2.05, 4.69) is 4.98 Å². The number of ether oxygens (including phenoxy) is 1. The Labute approximate surface area is 169 Å². The van der Waals surface area contributed by atoms with Crippen LogP contribution in [0.2, 0.25) is 0 Å². The molecule has 0 bridgehead atoms. The van der Waals surface area contributed by atoms with E-state index in [0.29, 0.717) is 5.56 Å². The number of carbonyl (C=O) groups excluding carboxylic acids is 1. The molecule has 1 N–H and O–H groups in total. The lowest BCUT2D eigenvalue weighted by molar-refractivity contribution is -0.141. The molecule has 0 fully saturated rings. The normalized spacial score (nSPS) is 12.7. The van der Waals surface area contributed by atoms with Gasteiger partial charge in [-0.3, -0.25) is 14.0 Å². The van der Waals surface area contributed by atoms with Gasteiger partial charge in [0.05, 0.1) is 13.0 Å². The molecule has 0 aliphatic carbocycles. The van der Waals surface area contributed by atoms with Crippen LogP contribution in [-0.4, -0.2) is 32.9 Å². The minimum atomic E-state index is -4.87. The van der Waals surface area contributed by atoms with Crippen LogP contribution in [0, 0.1) is 0 Å². The van der Waals surface area contributed by atoms with Crippen LogP contribution in [0.25, 0.3) is 5.65 Å². The molecule has 0 aliphatic heterocycles. The number of alkyl halides is 3. The minimum absolute atomic E-state index is 0.120. The first kappa shape index (κ1) is 21.4. The number of rotatable bonds is 8. The topological polar surface area (TPSA) is 80.9 Å². The van der Waals surface area contributed by atoms with Gasteiger partial charge in [0, 0.05) is 18.5 Å². The summed E-state index contributed by atoms with van der Waals surface area (Å²) in [4.78, 5) is 27.9. The van der Waals surface area contributed by atoms with Crippen LogP contribution >= 0.6 is 0 Å². The van der Waals surface area contributed by atoms with E-state index in [1.165, 1.54) is 18.3 Å². The van der Waals surface area contributed by atoms with Gasteiger partial charge in [0.25, 0.3) is 0 Å². The first-order valence-corrected chi connectivity index (χ1v) is 9.23. The molecule has 3 aromatic rings. The van der Waals surface area contributed by atoms with Gasteiger partial charge in [0.2, 0.25) is 0 Å². The van der Waals surface area contributed by atoms with Crippen LogP contribution in [0.1, 0.15) is 47.4 Å². The highest BCUT2D eigenvalue weighted by Gasteiger charge is 2.41. The van der Waals surface area contributed by atoms with Crippen LogP contribution in [-0.2, 0) is 11.0 Å². The Morgan fingerprint density at radius 1 is 1.13 bits per heavy atom. The quantitative estimate of drug-likeness (QED) is 0.540. The molecule has 6 nitrogen and oxygen atoms in total. The molecule has 158 valence electrons. The van der Waals surface area contributed by atoms with E-state index in [9.17, 15) is 27.9 Å². The molecule has 0 radical (unpaired) electrons. The summed E-state index contributed by atoms with van der Waals surface area (Å²) in [6.07, 6.45) is -4.36. The molecule has 2 heterocycles. The molecule has 0 unspecified atom stereocenters. The average molecular weight is 420 g/mol. The van der Waals surface area contributed by atoms with Gasteiger partial charge in [-0.1, -0.05) is 30.3 Å². The van der Waals surface area contributed by atoms with Crippen LogP contribution < -0.4 is 4.74 Å². The van der Waals surface area contributed by atoms with Gasteiger partial charge in [-0.15, -0.1) is 0 Å². The molecule has 9 heteroatoms. The Morgan fingerprint density at radius 2 is 1.83 bits per heavy atom. The third-order valence-electron chi connectivity index (χ3n) is 4.57. The largest absolute Gasteiger partial charge is 0.490 e. The highest BCUT2D eigenvalue weighted by molar-refractivity contribution is 5.97. The molecule has 2 aromatic heterocycles. The van der Waals surface area contributed by atoms with E-state index in [4.69, 9.17) is 4.74 Å². The summed E-state index contributed by atoms with van der Waals surface area (Å²) in [5, 5.41) is 9.21. The zero-order valence-corrected chi connectivity index (χ0v) is 16.0. The molecule has 30 heavy (non-hydrogen) atoms. The fourth-order valence-corrected chi connectivity index (χ4v) is 3.34. The van der Waals surface area contributed by atoms with E-state index in [1.54, 1.807) is 37.3 Å². The maximum Gasteiger partial charge on any atom is 0.435 e. The van der Waals surface area contributed by atoms with Gasteiger partial charge in [-0.05, 0) is 24.6 Å². The maximum atomic E-state index is 13.7. The standard InChI is InChI=1S/C21H19F3N2O4/c1-2-30-16-9-6-10-26-18(19(21(22,23)24)25-20(16)26)15(27)11-14(12-17(28)29)13-7-4-3-5-8-13/h3-10,14H,2,11-12H2,1H3,(H,28,29)/t14-/m0/s1. The van der Waals surface area contributed by atoms with Crippen LogP contribution in [0.3, 0.4) is 0 Å². The van der Waals surface area contributed by atoms with Crippen molar-refractivity contribution in [2.45, 2.75) is 31.9 Å². The summed E-state index contributed by atoms with van der Waals surface area (Å²) in [6, 6.07) is 11.3. The zero-order valence-electron chi connectivity index (χ0n) is 16.0. The van der Waals surface area contributed by atoms with Gasteiger partial charge in [0.15, 0.2) is 22.9 Å². The number of benzene rings is 1. The van der Waals surface area contributed by atoms with E-state index >= 15 is 0 Å². The molecule has 0 aliphatic rings. The number of aliphatic carboxylic acids is 1. The Balaban J connectivity index is 2.08. The highest BCUT2D eigenvalue weighted by atomic mass is 19.4. The average Bonchev–Trinajstić information content (AvgIpc) is 3.09. The highest BCUT2D eigenvalue weighted by Crippen LogP contribution is 2.36. The molecule has 0 amide bonds. The van der Waals surface area contributed by atoms with Crippen molar-refractivity contribution in [3.63, 3.8) is 0 Å². The molecule has 3 rings (SSSR count). The number of Topliss-reactive ketones (excluding diaryl/α,β-unsaturated/α-hetero) is 1. The minimum Gasteiger partial charge on any atom is -0.490 e. The number of halogens is 3. The molecular weight excluding hydrogens is 401 g/mol. The van der Waals surface area contributed by atoms with E-state index in [-0.39, 0.29) is 18.0 Å². The lowest BCUT2D eigenvalue weighted by atomic mass is 9.89. The lowest BCUT2D eigenvalue weighted by Crippen LogP contribution is -2.18. The number of ketones is 1. The second-order valence-corrected chi connectivity index (χ2v) is 6.64. The van der Waals surface area contributed by atoms with Crippen molar-refractivity contribution in [2.75, 3.05) is 6.61 Å². The number of imidazole rings is 1. The molecule has 1 aromatic carbocycles. The summed E-state index contributed by atoms with van der Waals surface area (Å²) in [7, 11) is 0. The molecule has 0 saturated carbocycles. The second-order valence-electron chi connectivity index (χ2n) is 6.64. The summed E-state index contributed by atoms with van der Waals surface area (Å²) < 4.78 is 47.4. The van der Waals surface area contributed by atoms with E-state index in [1.807, 2.05) is 0 Å². The SMILES string of the molecule is CCOc1cccn2c(C(=O)C[C@@H](CC(=O)O)c3ccccc3)c(C(F)(F)F)nc12. The van der Waals surface area contributed by atoms with Crippen molar-refractivity contribution in [1.82, 2.24) is 9.38 Å². The van der Waals surface area contributed by atoms with Crippen LogP contribution in [0.5, 0.6) is 5.75 Å². The number of fused-ring (bicyclic) bond motifs is 1. The number of carboxylic acids is 1. The van der Waals surface area contributed by atoms with Gasteiger partial charge in [-0.25, -0.2) is 4.98 Å². The summed E-state index contributed by atoms with van der Waals surface area (Å²) in [5.74, 6) is -2.66.